The van der Waals surface area contributed by atoms with E-state index in [2.05, 4.69) is 53.2 Å². The van der Waals surface area contributed by atoms with Gasteiger partial charge in [0.15, 0.2) is 0 Å². The van der Waals surface area contributed by atoms with Gasteiger partial charge in [-0.3, -0.25) is 0 Å². The third kappa shape index (κ3) is 2.44. The van der Waals surface area contributed by atoms with Gasteiger partial charge in [-0.1, -0.05) is 41.5 Å². The zero-order valence-corrected chi connectivity index (χ0v) is 14.9. The fraction of sp³-hybridized carbons (Fsp3) is 0.429. The van der Waals surface area contributed by atoms with Crippen molar-refractivity contribution in [2.75, 3.05) is 0 Å². The molecule has 0 heterocycles. The first kappa shape index (κ1) is 14.5. The molecule has 0 amide bonds. The van der Waals surface area contributed by atoms with Gasteiger partial charge in [0.25, 0.3) is 0 Å². The normalized spacial score (nSPS) is 22.4. The summed E-state index contributed by atoms with van der Waals surface area (Å²) in [6, 6.07) is 2.54. The van der Waals surface area contributed by atoms with Crippen molar-refractivity contribution in [3.8, 4) is 0 Å². The van der Waals surface area contributed by atoms with Gasteiger partial charge in [0.05, 0.1) is 0 Å². The topological polar surface area (TPSA) is 0 Å². The summed E-state index contributed by atoms with van der Waals surface area (Å²) in [7, 11) is 0. The molecule has 0 saturated heterocycles. The highest BCUT2D eigenvalue weighted by Gasteiger charge is 2.27. The number of aryl methyl sites for hydroxylation is 1. The van der Waals surface area contributed by atoms with Gasteiger partial charge in [-0.2, -0.15) is 0 Å². The van der Waals surface area contributed by atoms with Crippen LogP contribution in [0.2, 0.25) is 0 Å². The van der Waals surface area contributed by atoms with Crippen molar-refractivity contribution in [3.63, 3.8) is 0 Å². The Hall–Kier alpha value is -1.08. The van der Waals surface area contributed by atoms with Crippen LogP contribution in [0.4, 0.5) is 0 Å². The maximum atomic E-state index is 3.92. The van der Waals surface area contributed by atoms with Gasteiger partial charge in [-0.15, -0.1) is 0 Å². The van der Waals surface area contributed by atoms with Crippen molar-refractivity contribution in [1.82, 2.24) is 0 Å². The number of halogens is 1. The maximum Gasteiger partial charge on any atom is 0.0285 e. The second-order valence-corrected chi connectivity index (χ2v) is 7.77. The second-order valence-electron chi connectivity index (χ2n) is 6.98. The lowest BCUT2D eigenvalue weighted by Gasteiger charge is -2.22. The van der Waals surface area contributed by atoms with Crippen molar-refractivity contribution >= 4 is 22.0 Å². The van der Waals surface area contributed by atoms with Gasteiger partial charge in [0.2, 0.25) is 0 Å². The van der Waals surface area contributed by atoms with Gasteiger partial charge in [-0.05, 0) is 90.1 Å². The third-order valence-corrected chi connectivity index (χ3v) is 6.46. The van der Waals surface area contributed by atoms with Gasteiger partial charge in [-0.25, -0.2) is 0 Å². The number of allylic oxidation sites excluding steroid dienone is 5. The molecule has 0 aliphatic heterocycles. The van der Waals surface area contributed by atoms with Crippen molar-refractivity contribution in [2.24, 2.45) is 0 Å². The Morgan fingerprint density at radius 2 is 2.09 bits per heavy atom. The number of benzene rings is 1. The molecule has 1 atom stereocenters. The van der Waals surface area contributed by atoms with Crippen LogP contribution >= 0.6 is 15.9 Å². The fourth-order valence-corrected chi connectivity index (χ4v) is 5.09. The first-order chi connectivity index (χ1) is 10.7. The molecule has 0 N–H and O–H groups in total. The first-order valence-electron chi connectivity index (χ1n) is 8.61. The van der Waals surface area contributed by atoms with Crippen LogP contribution in [0.25, 0.3) is 6.08 Å². The molecule has 0 radical (unpaired) electrons. The lowest BCUT2D eigenvalue weighted by molar-refractivity contribution is 0.672. The summed E-state index contributed by atoms with van der Waals surface area (Å²) in [6.45, 7) is 2.32. The van der Waals surface area contributed by atoms with Crippen LogP contribution in [0.15, 0.2) is 39.9 Å². The molecular weight excluding hydrogens is 332 g/mol. The minimum absolute atomic E-state index is 0.625. The molecule has 0 nitrogen and oxygen atoms in total. The highest BCUT2D eigenvalue weighted by atomic mass is 79.9. The van der Waals surface area contributed by atoms with E-state index in [0.717, 1.165) is 6.42 Å². The molecule has 4 rings (SSSR count). The molecule has 0 bridgehead atoms. The predicted octanol–water partition coefficient (Wildman–Crippen LogP) is 6.49. The molecular formula is C21H23Br. The minimum Gasteiger partial charge on any atom is -0.0805 e. The minimum atomic E-state index is 0.625. The van der Waals surface area contributed by atoms with Crippen molar-refractivity contribution in [3.05, 3.63) is 62.2 Å². The van der Waals surface area contributed by atoms with Gasteiger partial charge in [0, 0.05) is 10.4 Å². The van der Waals surface area contributed by atoms with E-state index in [1.807, 2.05) is 0 Å². The largest absolute Gasteiger partial charge is 0.0805 e. The highest BCUT2D eigenvalue weighted by Crippen LogP contribution is 2.46. The number of fused-ring (bicyclic) bond motifs is 2. The Bertz CT molecular complexity index is 703. The summed E-state index contributed by atoms with van der Waals surface area (Å²) in [5, 5.41) is 0. The molecule has 3 aliphatic carbocycles. The molecule has 114 valence electrons. The zero-order chi connectivity index (χ0) is 15.1. The van der Waals surface area contributed by atoms with E-state index in [4.69, 9.17) is 0 Å². The molecule has 0 saturated carbocycles. The molecule has 22 heavy (non-hydrogen) atoms. The standard InChI is InChI=1S/C21H23Br/c1-14-12-20-19(17(14)11-10-15-6-2-3-7-15)13-16-8-4-5-9-18(16)21(20)22/h2-3,6,12-13,17H,4-5,7-11H2,1H3. The lowest BCUT2D eigenvalue weighted by Crippen LogP contribution is -2.07. The maximum absolute atomic E-state index is 3.92. The van der Waals surface area contributed by atoms with Crippen LogP contribution in [-0.2, 0) is 12.8 Å². The van der Waals surface area contributed by atoms with E-state index in [1.54, 1.807) is 27.8 Å². The van der Waals surface area contributed by atoms with Crippen LogP contribution in [0.5, 0.6) is 0 Å². The predicted molar refractivity (Wildman–Crippen MR) is 98.3 cm³/mol. The molecule has 1 aromatic carbocycles. The van der Waals surface area contributed by atoms with Gasteiger partial charge < -0.3 is 0 Å². The molecule has 1 aromatic rings. The summed E-state index contributed by atoms with van der Waals surface area (Å²) in [4.78, 5) is 0. The van der Waals surface area contributed by atoms with Crippen LogP contribution in [0.1, 0.15) is 67.2 Å². The van der Waals surface area contributed by atoms with Crippen LogP contribution in [0.3, 0.4) is 0 Å². The summed E-state index contributed by atoms with van der Waals surface area (Å²) in [5.74, 6) is 0.625. The molecule has 0 aromatic heterocycles. The number of hydrogen-bond donors (Lipinski definition) is 0. The summed E-state index contributed by atoms with van der Waals surface area (Å²) in [5.41, 5.74) is 9.38. The average molecular weight is 355 g/mol. The van der Waals surface area contributed by atoms with Crippen molar-refractivity contribution < 1.29 is 0 Å². The lowest BCUT2D eigenvalue weighted by atomic mass is 9.84. The van der Waals surface area contributed by atoms with Crippen LogP contribution < -0.4 is 0 Å². The molecule has 1 unspecified atom stereocenters. The smallest absolute Gasteiger partial charge is 0.0285 e. The molecule has 0 fully saturated rings. The Kier molecular flexibility index (Phi) is 3.86. The second kappa shape index (κ2) is 5.85. The van der Waals surface area contributed by atoms with E-state index in [-0.39, 0.29) is 0 Å². The molecule has 3 aliphatic rings. The Morgan fingerprint density at radius 1 is 1.23 bits per heavy atom. The van der Waals surface area contributed by atoms with Crippen molar-refractivity contribution in [2.45, 2.75) is 57.8 Å². The quantitative estimate of drug-likeness (QED) is 0.581. The first-order valence-corrected chi connectivity index (χ1v) is 9.40. The fourth-order valence-electron chi connectivity index (χ4n) is 4.29. The van der Waals surface area contributed by atoms with E-state index in [0.29, 0.717) is 5.92 Å². The van der Waals surface area contributed by atoms with E-state index < -0.39 is 0 Å². The zero-order valence-electron chi connectivity index (χ0n) is 13.3. The third-order valence-electron chi connectivity index (χ3n) is 5.55. The van der Waals surface area contributed by atoms with Crippen LogP contribution in [0, 0.1) is 0 Å². The summed E-state index contributed by atoms with van der Waals surface area (Å²) < 4.78 is 1.39. The van der Waals surface area contributed by atoms with Gasteiger partial charge >= 0.3 is 0 Å². The molecule has 0 spiro atoms. The summed E-state index contributed by atoms with van der Waals surface area (Å²) in [6.07, 6.45) is 18.1. The van der Waals surface area contributed by atoms with E-state index in [9.17, 15) is 0 Å². The van der Waals surface area contributed by atoms with E-state index in [1.165, 1.54) is 48.6 Å². The van der Waals surface area contributed by atoms with E-state index >= 15 is 0 Å². The average Bonchev–Trinajstić information content (AvgIpc) is 3.14. The molecule has 1 heteroatoms. The monoisotopic (exact) mass is 354 g/mol. The SMILES string of the molecule is CC1=Cc2c(cc3c(c2Br)CCCC3)C1CCC1=CC=CC1. The van der Waals surface area contributed by atoms with Crippen molar-refractivity contribution in [1.29, 1.82) is 0 Å². The summed E-state index contributed by atoms with van der Waals surface area (Å²) >= 11 is 3.92. The number of hydrogen-bond acceptors (Lipinski definition) is 0. The number of rotatable bonds is 3. The Labute approximate surface area is 142 Å². The van der Waals surface area contributed by atoms with Gasteiger partial charge in [0.1, 0.15) is 0 Å². The Morgan fingerprint density at radius 3 is 2.91 bits per heavy atom. The van der Waals surface area contributed by atoms with Crippen LogP contribution in [-0.4, -0.2) is 0 Å². The highest BCUT2D eigenvalue weighted by molar-refractivity contribution is 9.10. The Balaban J connectivity index is 1.64.